The number of nitrogen functional groups attached to an aromatic ring is 1. The molecule has 0 spiro atoms. The second kappa shape index (κ2) is 4.12. The fraction of sp³-hybridized carbons (Fsp3) is 0.429. The number of amides is 2. The molecule has 3 rings (SSSR count). The van der Waals surface area contributed by atoms with E-state index in [1.807, 2.05) is 0 Å². The monoisotopic (exact) mass is 244 g/mol. The summed E-state index contributed by atoms with van der Waals surface area (Å²) in [5.41, 5.74) is 7.12. The number of hydrogen-bond acceptors (Lipinski definition) is 3. The van der Waals surface area contributed by atoms with Crippen molar-refractivity contribution in [1.29, 1.82) is 0 Å². The lowest BCUT2D eigenvalue weighted by Gasteiger charge is -2.26. The second-order valence-electron chi connectivity index (χ2n) is 5.15. The van der Waals surface area contributed by atoms with Crippen molar-refractivity contribution in [3.05, 3.63) is 29.3 Å². The lowest BCUT2D eigenvalue weighted by atomic mass is 9.83. The number of benzene rings is 1. The molecular formula is C14H16N2O2. The highest BCUT2D eigenvalue weighted by molar-refractivity contribution is 6.21. The van der Waals surface area contributed by atoms with Crippen LogP contribution in [0, 0.1) is 5.92 Å². The van der Waals surface area contributed by atoms with E-state index in [0.717, 1.165) is 6.42 Å². The van der Waals surface area contributed by atoms with Gasteiger partial charge in [0.05, 0.1) is 11.1 Å². The molecule has 0 bridgehead atoms. The van der Waals surface area contributed by atoms with E-state index >= 15 is 0 Å². The minimum atomic E-state index is -0.193. The Balaban J connectivity index is 1.78. The average molecular weight is 244 g/mol. The lowest BCUT2D eigenvalue weighted by molar-refractivity contribution is 0.0638. The summed E-state index contributed by atoms with van der Waals surface area (Å²) in [4.78, 5) is 25.6. The van der Waals surface area contributed by atoms with Gasteiger partial charge in [-0.05, 0) is 30.5 Å². The molecule has 1 heterocycles. The normalized spacial score (nSPS) is 19.0. The minimum absolute atomic E-state index is 0.172. The van der Waals surface area contributed by atoms with E-state index < -0.39 is 0 Å². The summed E-state index contributed by atoms with van der Waals surface area (Å²) in [6.07, 6.45) is 4.68. The van der Waals surface area contributed by atoms with Gasteiger partial charge in [-0.1, -0.05) is 19.3 Å². The van der Waals surface area contributed by atoms with Gasteiger partial charge in [0.15, 0.2) is 0 Å². The minimum Gasteiger partial charge on any atom is -0.399 e. The van der Waals surface area contributed by atoms with E-state index in [-0.39, 0.29) is 11.8 Å². The number of carbonyl (C=O) groups is 2. The maximum absolute atomic E-state index is 12.1. The van der Waals surface area contributed by atoms with E-state index in [1.54, 1.807) is 18.2 Å². The molecule has 0 atom stereocenters. The van der Waals surface area contributed by atoms with E-state index in [2.05, 4.69) is 0 Å². The Morgan fingerprint density at radius 3 is 2.56 bits per heavy atom. The van der Waals surface area contributed by atoms with Gasteiger partial charge >= 0.3 is 0 Å². The number of fused-ring (bicyclic) bond motifs is 1. The molecule has 0 aromatic heterocycles. The maximum atomic E-state index is 12.1. The van der Waals surface area contributed by atoms with Gasteiger partial charge in [-0.2, -0.15) is 0 Å². The van der Waals surface area contributed by atoms with Gasteiger partial charge in [0.25, 0.3) is 11.8 Å². The second-order valence-corrected chi connectivity index (χ2v) is 5.15. The Kier molecular flexibility index (Phi) is 2.58. The van der Waals surface area contributed by atoms with Crippen molar-refractivity contribution in [3.8, 4) is 0 Å². The Bertz CT molecular complexity index is 521. The van der Waals surface area contributed by atoms with Crippen LogP contribution >= 0.6 is 0 Å². The molecule has 0 saturated heterocycles. The lowest BCUT2D eigenvalue weighted by Crippen LogP contribution is -2.32. The molecular weight excluding hydrogens is 228 g/mol. The summed E-state index contributed by atoms with van der Waals surface area (Å²) in [6, 6.07) is 4.91. The molecule has 1 aliphatic carbocycles. The number of rotatable bonds is 3. The van der Waals surface area contributed by atoms with Gasteiger partial charge in [-0.3, -0.25) is 14.5 Å². The van der Waals surface area contributed by atoms with E-state index in [0.29, 0.717) is 29.3 Å². The molecule has 1 aromatic rings. The van der Waals surface area contributed by atoms with Gasteiger partial charge < -0.3 is 5.73 Å². The predicted octanol–water partition coefficient (Wildman–Crippen LogP) is 2.06. The van der Waals surface area contributed by atoms with Crippen LogP contribution in [0.5, 0.6) is 0 Å². The Morgan fingerprint density at radius 1 is 1.17 bits per heavy atom. The molecule has 4 heteroatoms. The summed E-state index contributed by atoms with van der Waals surface area (Å²) in [5, 5.41) is 0. The van der Waals surface area contributed by atoms with Gasteiger partial charge in [0.2, 0.25) is 0 Å². The fourth-order valence-corrected chi connectivity index (χ4v) is 2.60. The van der Waals surface area contributed by atoms with Crippen LogP contribution < -0.4 is 5.73 Å². The highest BCUT2D eigenvalue weighted by Gasteiger charge is 2.35. The van der Waals surface area contributed by atoms with Crippen molar-refractivity contribution >= 4 is 17.5 Å². The van der Waals surface area contributed by atoms with Gasteiger partial charge in [-0.15, -0.1) is 0 Å². The molecule has 94 valence electrons. The van der Waals surface area contributed by atoms with E-state index in [9.17, 15) is 9.59 Å². The average Bonchev–Trinajstić information content (AvgIpc) is 2.51. The van der Waals surface area contributed by atoms with Crippen LogP contribution in [0.4, 0.5) is 5.69 Å². The summed E-state index contributed by atoms with van der Waals surface area (Å²) >= 11 is 0. The Hall–Kier alpha value is -1.84. The fourth-order valence-electron chi connectivity index (χ4n) is 2.60. The van der Waals surface area contributed by atoms with E-state index in [1.165, 1.54) is 24.2 Å². The first-order valence-corrected chi connectivity index (χ1v) is 6.42. The number of hydrogen-bond donors (Lipinski definition) is 1. The first kappa shape index (κ1) is 11.3. The molecule has 2 amide bonds. The van der Waals surface area contributed by atoms with Gasteiger partial charge in [0, 0.05) is 12.2 Å². The smallest absolute Gasteiger partial charge is 0.261 e. The molecule has 1 aromatic carbocycles. The zero-order valence-electron chi connectivity index (χ0n) is 10.2. The third kappa shape index (κ3) is 1.68. The Morgan fingerprint density at radius 2 is 1.89 bits per heavy atom. The van der Waals surface area contributed by atoms with Crippen LogP contribution in [0.1, 0.15) is 46.4 Å². The molecule has 1 aliphatic heterocycles. The highest BCUT2D eigenvalue weighted by atomic mass is 16.2. The molecule has 0 radical (unpaired) electrons. The van der Waals surface area contributed by atoms with Crippen LogP contribution in [0.2, 0.25) is 0 Å². The number of carbonyl (C=O) groups excluding carboxylic acids is 2. The van der Waals surface area contributed by atoms with Crippen LogP contribution in [0.25, 0.3) is 0 Å². The number of nitrogens with zero attached hydrogens (tertiary/aromatic N) is 1. The molecule has 1 fully saturated rings. The molecule has 2 aliphatic rings. The third-order valence-electron chi connectivity index (χ3n) is 3.98. The number of anilines is 1. The van der Waals surface area contributed by atoms with Crippen molar-refractivity contribution in [2.24, 2.45) is 5.92 Å². The summed E-state index contributed by atoms with van der Waals surface area (Å²) in [7, 11) is 0. The summed E-state index contributed by atoms with van der Waals surface area (Å²) in [6.45, 7) is 0.539. The van der Waals surface area contributed by atoms with Crippen LogP contribution in [-0.2, 0) is 0 Å². The maximum Gasteiger partial charge on any atom is 0.261 e. The van der Waals surface area contributed by atoms with E-state index in [4.69, 9.17) is 5.73 Å². The quantitative estimate of drug-likeness (QED) is 0.653. The van der Waals surface area contributed by atoms with Crippen molar-refractivity contribution in [3.63, 3.8) is 0 Å². The SMILES string of the molecule is Nc1ccc2c(c1)C(=O)N(CCC1CCC1)C2=O. The number of imide groups is 1. The van der Waals surface area contributed by atoms with Crippen LogP contribution in [0.3, 0.4) is 0 Å². The summed E-state index contributed by atoms with van der Waals surface area (Å²) in [5.74, 6) is 0.329. The van der Waals surface area contributed by atoms with Gasteiger partial charge in [0.1, 0.15) is 0 Å². The first-order chi connectivity index (χ1) is 8.66. The largest absolute Gasteiger partial charge is 0.399 e. The molecule has 0 unspecified atom stereocenters. The molecule has 4 nitrogen and oxygen atoms in total. The summed E-state index contributed by atoms with van der Waals surface area (Å²) < 4.78 is 0. The highest BCUT2D eigenvalue weighted by Crippen LogP contribution is 2.31. The topological polar surface area (TPSA) is 63.4 Å². The molecule has 18 heavy (non-hydrogen) atoms. The van der Waals surface area contributed by atoms with Crippen molar-refractivity contribution in [1.82, 2.24) is 4.90 Å². The molecule has 1 saturated carbocycles. The molecule has 2 N–H and O–H groups in total. The van der Waals surface area contributed by atoms with Crippen LogP contribution in [-0.4, -0.2) is 23.3 Å². The third-order valence-corrected chi connectivity index (χ3v) is 3.98. The zero-order valence-corrected chi connectivity index (χ0v) is 10.2. The standard InChI is InChI=1S/C14H16N2O2/c15-10-4-5-11-12(8-10)14(18)16(13(11)17)7-6-9-2-1-3-9/h4-5,8-9H,1-3,6-7,15H2. The van der Waals surface area contributed by atoms with Crippen molar-refractivity contribution in [2.75, 3.05) is 12.3 Å². The van der Waals surface area contributed by atoms with Gasteiger partial charge in [-0.25, -0.2) is 0 Å². The van der Waals surface area contributed by atoms with Crippen LogP contribution in [0.15, 0.2) is 18.2 Å². The first-order valence-electron chi connectivity index (χ1n) is 6.42. The van der Waals surface area contributed by atoms with Crippen molar-refractivity contribution in [2.45, 2.75) is 25.7 Å². The Labute approximate surface area is 106 Å². The number of nitrogens with two attached hydrogens (primary N) is 1. The predicted molar refractivity (Wildman–Crippen MR) is 68.2 cm³/mol. The zero-order chi connectivity index (χ0) is 12.7. The van der Waals surface area contributed by atoms with Crippen molar-refractivity contribution < 1.29 is 9.59 Å².